The minimum atomic E-state index is 0.577. The van der Waals surface area contributed by atoms with E-state index in [9.17, 15) is 0 Å². The zero-order valence-corrected chi connectivity index (χ0v) is 17.6. The van der Waals surface area contributed by atoms with Crippen molar-refractivity contribution in [2.45, 2.75) is 45.2 Å². The normalized spacial score (nSPS) is 19.8. The SMILES string of the molecule is CCc1ccc2c(c1)Cc1cccc(c1)CN(C1CCOCC1)CCOCCO2. The Hall–Kier alpha value is -1.88. The monoisotopic (exact) mass is 395 g/mol. The molecule has 2 aliphatic heterocycles. The number of nitrogens with zero attached hydrogens (tertiary/aromatic N) is 1. The fourth-order valence-electron chi connectivity index (χ4n) is 4.36. The lowest BCUT2D eigenvalue weighted by Gasteiger charge is -2.34. The van der Waals surface area contributed by atoms with Crippen molar-refractivity contribution >= 4 is 0 Å². The molecule has 4 heteroatoms. The van der Waals surface area contributed by atoms with Crippen LogP contribution in [0.4, 0.5) is 0 Å². The zero-order valence-electron chi connectivity index (χ0n) is 17.6. The van der Waals surface area contributed by atoms with Gasteiger partial charge in [0.1, 0.15) is 12.4 Å². The van der Waals surface area contributed by atoms with Gasteiger partial charge in [-0.1, -0.05) is 43.3 Å². The maximum Gasteiger partial charge on any atom is 0.122 e. The van der Waals surface area contributed by atoms with Gasteiger partial charge in [-0.05, 0) is 47.6 Å². The average Bonchev–Trinajstić information content (AvgIpc) is 2.76. The molecule has 2 heterocycles. The Labute approximate surface area is 174 Å². The highest BCUT2D eigenvalue weighted by molar-refractivity contribution is 5.41. The third-order valence-corrected chi connectivity index (χ3v) is 6.02. The Bertz CT molecular complexity index is 785. The standard InChI is InChI=1S/C25H33NO3/c1-2-20-6-7-25-23(17-20)18-21-4-3-5-22(16-21)19-26(10-13-28-14-15-29-25)24-8-11-27-12-9-24/h3-7,16-17,24H,2,8-15,18-19H2,1H3. The van der Waals surface area contributed by atoms with Crippen molar-refractivity contribution in [2.75, 3.05) is 39.6 Å². The van der Waals surface area contributed by atoms with E-state index < -0.39 is 0 Å². The van der Waals surface area contributed by atoms with Gasteiger partial charge in [-0.3, -0.25) is 4.90 Å². The zero-order chi connectivity index (χ0) is 19.9. The van der Waals surface area contributed by atoms with Gasteiger partial charge in [0, 0.05) is 38.8 Å². The lowest BCUT2D eigenvalue weighted by molar-refractivity contribution is 0.0133. The first-order valence-corrected chi connectivity index (χ1v) is 11.0. The fourth-order valence-corrected chi connectivity index (χ4v) is 4.36. The number of ether oxygens (including phenoxy) is 3. The molecule has 156 valence electrons. The third kappa shape index (κ3) is 5.59. The molecule has 0 N–H and O–H groups in total. The van der Waals surface area contributed by atoms with Gasteiger partial charge < -0.3 is 14.2 Å². The van der Waals surface area contributed by atoms with E-state index in [-0.39, 0.29) is 0 Å². The van der Waals surface area contributed by atoms with Crippen LogP contribution >= 0.6 is 0 Å². The Morgan fingerprint density at radius 3 is 2.59 bits per heavy atom. The van der Waals surface area contributed by atoms with Crippen molar-refractivity contribution in [3.63, 3.8) is 0 Å². The van der Waals surface area contributed by atoms with Crippen LogP contribution in [0.3, 0.4) is 0 Å². The topological polar surface area (TPSA) is 30.9 Å². The fraction of sp³-hybridized carbons (Fsp3) is 0.520. The summed E-state index contributed by atoms with van der Waals surface area (Å²) in [5.41, 5.74) is 5.34. The summed E-state index contributed by atoms with van der Waals surface area (Å²) in [4.78, 5) is 2.58. The van der Waals surface area contributed by atoms with E-state index in [0.717, 1.165) is 64.3 Å². The number of fused-ring (bicyclic) bond motifs is 3. The van der Waals surface area contributed by atoms with Crippen LogP contribution in [0, 0.1) is 0 Å². The number of hydrogen-bond donors (Lipinski definition) is 0. The molecular formula is C25H33NO3. The van der Waals surface area contributed by atoms with Crippen LogP contribution in [0.2, 0.25) is 0 Å². The van der Waals surface area contributed by atoms with E-state index in [4.69, 9.17) is 14.2 Å². The number of rotatable bonds is 2. The molecule has 2 aromatic rings. The molecule has 2 aliphatic rings. The van der Waals surface area contributed by atoms with Crippen LogP contribution in [0.15, 0.2) is 42.5 Å². The summed E-state index contributed by atoms with van der Waals surface area (Å²) in [6.45, 7) is 7.81. The lowest BCUT2D eigenvalue weighted by Crippen LogP contribution is -2.41. The largest absolute Gasteiger partial charge is 0.491 e. The number of hydrogen-bond acceptors (Lipinski definition) is 4. The van der Waals surface area contributed by atoms with Gasteiger partial charge in [-0.2, -0.15) is 0 Å². The first kappa shape index (κ1) is 20.4. The first-order valence-electron chi connectivity index (χ1n) is 11.0. The van der Waals surface area contributed by atoms with E-state index >= 15 is 0 Å². The minimum absolute atomic E-state index is 0.577. The Kier molecular flexibility index (Phi) is 7.20. The predicted molar refractivity (Wildman–Crippen MR) is 116 cm³/mol. The molecule has 0 radical (unpaired) electrons. The summed E-state index contributed by atoms with van der Waals surface area (Å²) in [6.07, 6.45) is 4.15. The van der Waals surface area contributed by atoms with E-state index in [1.165, 1.54) is 22.3 Å². The van der Waals surface area contributed by atoms with Crippen molar-refractivity contribution < 1.29 is 14.2 Å². The van der Waals surface area contributed by atoms with Crippen molar-refractivity contribution in [3.05, 3.63) is 64.7 Å². The highest BCUT2D eigenvalue weighted by Crippen LogP contribution is 2.25. The summed E-state index contributed by atoms with van der Waals surface area (Å²) in [7, 11) is 0. The molecule has 0 atom stereocenters. The second-order valence-corrected chi connectivity index (χ2v) is 8.07. The van der Waals surface area contributed by atoms with E-state index in [1.807, 2.05) is 0 Å². The van der Waals surface area contributed by atoms with Crippen LogP contribution in [0.25, 0.3) is 0 Å². The number of benzene rings is 2. The van der Waals surface area contributed by atoms with Gasteiger partial charge >= 0.3 is 0 Å². The van der Waals surface area contributed by atoms with Gasteiger partial charge in [-0.25, -0.2) is 0 Å². The Morgan fingerprint density at radius 2 is 1.72 bits per heavy atom. The maximum atomic E-state index is 6.09. The quantitative estimate of drug-likeness (QED) is 0.761. The highest BCUT2D eigenvalue weighted by Gasteiger charge is 2.22. The number of aryl methyl sites for hydroxylation is 1. The lowest BCUT2D eigenvalue weighted by atomic mass is 9.99. The van der Waals surface area contributed by atoms with Crippen LogP contribution in [-0.2, 0) is 28.9 Å². The second-order valence-electron chi connectivity index (χ2n) is 8.07. The molecule has 0 amide bonds. The molecule has 0 aromatic heterocycles. The van der Waals surface area contributed by atoms with Crippen molar-refractivity contribution in [2.24, 2.45) is 0 Å². The molecule has 0 unspecified atom stereocenters. The maximum absolute atomic E-state index is 6.09. The molecule has 4 nitrogen and oxygen atoms in total. The van der Waals surface area contributed by atoms with Gasteiger partial charge in [-0.15, -0.1) is 0 Å². The molecule has 29 heavy (non-hydrogen) atoms. The van der Waals surface area contributed by atoms with Crippen molar-refractivity contribution in [3.8, 4) is 5.75 Å². The average molecular weight is 396 g/mol. The van der Waals surface area contributed by atoms with Gasteiger partial charge in [0.05, 0.1) is 13.2 Å². The van der Waals surface area contributed by atoms with Crippen LogP contribution in [0.1, 0.15) is 42.0 Å². The summed E-state index contributed by atoms with van der Waals surface area (Å²) in [5.74, 6) is 0.983. The van der Waals surface area contributed by atoms with Gasteiger partial charge in [0.25, 0.3) is 0 Å². The molecule has 4 rings (SSSR count). The molecule has 2 bridgehead atoms. The van der Waals surface area contributed by atoms with Crippen LogP contribution < -0.4 is 4.74 Å². The second kappa shape index (κ2) is 10.2. The Balaban J connectivity index is 1.59. The predicted octanol–water partition coefficient (Wildman–Crippen LogP) is 4.23. The first-order chi connectivity index (χ1) is 14.3. The van der Waals surface area contributed by atoms with E-state index in [0.29, 0.717) is 19.3 Å². The molecule has 1 fully saturated rings. The molecular weight excluding hydrogens is 362 g/mol. The summed E-state index contributed by atoms with van der Waals surface area (Å²) < 4.78 is 17.6. The summed E-state index contributed by atoms with van der Waals surface area (Å²) in [6, 6.07) is 16.2. The molecule has 0 aliphatic carbocycles. The van der Waals surface area contributed by atoms with Gasteiger partial charge in [0.2, 0.25) is 0 Å². The van der Waals surface area contributed by atoms with Crippen molar-refractivity contribution in [1.29, 1.82) is 0 Å². The molecule has 2 aromatic carbocycles. The van der Waals surface area contributed by atoms with Crippen molar-refractivity contribution in [1.82, 2.24) is 4.90 Å². The van der Waals surface area contributed by atoms with Gasteiger partial charge in [0.15, 0.2) is 0 Å². The minimum Gasteiger partial charge on any atom is -0.491 e. The van der Waals surface area contributed by atoms with E-state index in [1.54, 1.807) is 0 Å². The van der Waals surface area contributed by atoms with Crippen LogP contribution in [0.5, 0.6) is 5.75 Å². The summed E-state index contributed by atoms with van der Waals surface area (Å²) >= 11 is 0. The highest BCUT2D eigenvalue weighted by atomic mass is 16.5. The Morgan fingerprint density at radius 1 is 0.897 bits per heavy atom. The van der Waals surface area contributed by atoms with E-state index in [2.05, 4.69) is 54.3 Å². The molecule has 0 spiro atoms. The molecule has 0 saturated carbocycles. The molecule has 1 saturated heterocycles. The van der Waals surface area contributed by atoms with Crippen LogP contribution in [-0.4, -0.2) is 50.5 Å². The third-order valence-electron chi connectivity index (χ3n) is 6.02. The summed E-state index contributed by atoms with van der Waals surface area (Å²) in [5, 5.41) is 0. The smallest absolute Gasteiger partial charge is 0.122 e.